The molecule has 1 amide bonds. The molecule has 0 aliphatic carbocycles. The number of carbonyl (C=O) groups excluding carboxylic acids is 1. The first kappa shape index (κ1) is 20.1. The molecule has 2 N–H and O–H groups in total. The molecular weight excluding hydrogens is 380 g/mol. The molecule has 5 nitrogen and oxygen atoms in total. The third kappa shape index (κ3) is 4.70. The Labute approximate surface area is 176 Å². The molecule has 3 aromatic rings. The maximum absolute atomic E-state index is 13.0. The molecule has 29 heavy (non-hydrogen) atoms. The van der Waals surface area contributed by atoms with Gasteiger partial charge in [0.05, 0.1) is 11.4 Å². The van der Waals surface area contributed by atoms with Gasteiger partial charge in [0.1, 0.15) is 5.82 Å². The number of thiophene rings is 1. The number of likely N-dealkylation sites (tertiary alicyclic amines) is 1. The quantitative estimate of drug-likeness (QED) is 0.616. The van der Waals surface area contributed by atoms with Gasteiger partial charge in [0.2, 0.25) is 0 Å². The highest BCUT2D eigenvalue weighted by atomic mass is 32.1. The van der Waals surface area contributed by atoms with Gasteiger partial charge in [-0.05, 0) is 56.7 Å². The minimum Gasteiger partial charge on any atom is -0.349 e. The van der Waals surface area contributed by atoms with E-state index in [0.29, 0.717) is 6.04 Å². The number of fused-ring (bicyclic) bond motifs is 1. The highest BCUT2D eigenvalue weighted by Gasteiger charge is 2.26. The van der Waals surface area contributed by atoms with E-state index in [0.717, 1.165) is 36.6 Å². The average Bonchev–Trinajstić information content (AvgIpc) is 3.27. The largest absolute Gasteiger partial charge is 0.349 e. The van der Waals surface area contributed by atoms with Crippen LogP contribution in [0.25, 0.3) is 10.1 Å². The lowest BCUT2D eigenvalue weighted by molar-refractivity contribution is 0.0945. The molecule has 2 aromatic heterocycles. The Morgan fingerprint density at radius 1 is 1.31 bits per heavy atom. The fourth-order valence-electron chi connectivity index (χ4n) is 4.30. The molecule has 0 saturated carbocycles. The Bertz CT molecular complexity index is 947. The molecule has 0 spiro atoms. The van der Waals surface area contributed by atoms with E-state index in [1.54, 1.807) is 11.3 Å². The van der Waals surface area contributed by atoms with Crippen molar-refractivity contribution >= 4 is 27.3 Å². The highest BCUT2D eigenvalue weighted by molar-refractivity contribution is 7.21. The van der Waals surface area contributed by atoms with Crippen LogP contribution in [0.2, 0.25) is 0 Å². The molecule has 3 heterocycles. The number of nitrogens with one attached hydrogen (secondary N) is 2. The van der Waals surface area contributed by atoms with E-state index in [4.69, 9.17) is 0 Å². The zero-order chi connectivity index (χ0) is 20.2. The first-order chi connectivity index (χ1) is 14.1. The molecule has 154 valence electrons. The second kappa shape index (κ2) is 9.09. The van der Waals surface area contributed by atoms with E-state index < -0.39 is 0 Å². The minimum absolute atomic E-state index is 0.0578. The number of benzene rings is 1. The van der Waals surface area contributed by atoms with Gasteiger partial charge in [0, 0.05) is 29.2 Å². The summed E-state index contributed by atoms with van der Waals surface area (Å²) in [5.74, 6) is 1.08. The standard InChI is InChI=1S/C23H30N4OS/c1-16(2)26-23(28)22-19(18-9-5-6-10-20(18)29-22)14-17-8-4-3-7-13-27(17)15-21-24-11-12-25-21/h5-6,9-12,16-17H,3-4,7-8,13-15H2,1-2H3,(H,24,25)(H,26,28)/t17-/m0/s1. The molecule has 0 unspecified atom stereocenters. The molecule has 1 fully saturated rings. The average molecular weight is 411 g/mol. The molecule has 1 aliphatic heterocycles. The number of imidazole rings is 1. The third-order valence-electron chi connectivity index (χ3n) is 5.67. The van der Waals surface area contributed by atoms with Crippen LogP contribution in [0.5, 0.6) is 0 Å². The van der Waals surface area contributed by atoms with Crippen molar-refractivity contribution in [1.29, 1.82) is 0 Å². The summed E-state index contributed by atoms with van der Waals surface area (Å²) in [6, 6.07) is 8.99. The fourth-order valence-corrected chi connectivity index (χ4v) is 5.44. The molecule has 4 rings (SSSR count). The van der Waals surface area contributed by atoms with Crippen molar-refractivity contribution in [2.24, 2.45) is 0 Å². The van der Waals surface area contributed by atoms with Crippen molar-refractivity contribution < 1.29 is 4.79 Å². The predicted molar refractivity (Wildman–Crippen MR) is 119 cm³/mol. The predicted octanol–water partition coefficient (Wildman–Crippen LogP) is 4.75. The van der Waals surface area contributed by atoms with Crippen molar-refractivity contribution in [3.63, 3.8) is 0 Å². The second-order valence-corrected chi connectivity index (χ2v) is 9.30. The SMILES string of the molecule is CC(C)NC(=O)c1sc2ccccc2c1C[C@@H]1CCCCCN1Cc1ncc[nH]1. The molecule has 1 aliphatic rings. The van der Waals surface area contributed by atoms with E-state index >= 15 is 0 Å². The number of nitrogens with zero attached hydrogens (tertiary/aromatic N) is 2. The number of hydrogen-bond donors (Lipinski definition) is 2. The number of H-pyrrole nitrogens is 1. The van der Waals surface area contributed by atoms with Gasteiger partial charge in [-0.15, -0.1) is 11.3 Å². The summed E-state index contributed by atoms with van der Waals surface area (Å²) >= 11 is 1.63. The van der Waals surface area contributed by atoms with E-state index in [1.165, 1.54) is 34.9 Å². The summed E-state index contributed by atoms with van der Waals surface area (Å²) in [7, 11) is 0. The maximum atomic E-state index is 13.0. The normalized spacial score (nSPS) is 18.2. The summed E-state index contributed by atoms with van der Waals surface area (Å²) in [6.07, 6.45) is 9.53. The van der Waals surface area contributed by atoms with Crippen LogP contribution in [0.15, 0.2) is 36.7 Å². The highest BCUT2D eigenvalue weighted by Crippen LogP contribution is 2.34. The van der Waals surface area contributed by atoms with Crippen molar-refractivity contribution in [3.8, 4) is 0 Å². The summed E-state index contributed by atoms with van der Waals surface area (Å²) in [4.78, 5) is 24.1. The number of aromatic nitrogens is 2. The number of amides is 1. The zero-order valence-corrected chi connectivity index (χ0v) is 18.1. The van der Waals surface area contributed by atoms with Crippen molar-refractivity contribution in [2.45, 2.75) is 64.6 Å². The van der Waals surface area contributed by atoms with Gasteiger partial charge in [-0.3, -0.25) is 9.69 Å². The Hall–Kier alpha value is -2.18. The van der Waals surface area contributed by atoms with Gasteiger partial charge in [-0.2, -0.15) is 0 Å². The van der Waals surface area contributed by atoms with Crippen molar-refractivity contribution in [2.75, 3.05) is 6.54 Å². The smallest absolute Gasteiger partial charge is 0.261 e. The molecule has 0 bridgehead atoms. The monoisotopic (exact) mass is 410 g/mol. The molecule has 1 aromatic carbocycles. The fraction of sp³-hybridized carbons (Fsp3) is 0.478. The molecule has 0 radical (unpaired) electrons. The Morgan fingerprint density at radius 2 is 2.17 bits per heavy atom. The van der Waals surface area contributed by atoms with Crippen LogP contribution < -0.4 is 5.32 Å². The number of aromatic amines is 1. The molecule has 6 heteroatoms. The van der Waals surface area contributed by atoms with E-state index in [9.17, 15) is 4.79 Å². The lowest BCUT2D eigenvalue weighted by Gasteiger charge is -2.29. The first-order valence-electron chi connectivity index (χ1n) is 10.7. The minimum atomic E-state index is 0.0578. The Kier molecular flexibility index (Phi) is 6.31. The molecule has 1 atom stereocenters. The van der Waals surface area contributed by atoms with Crippen molar-refractivity contribution in [3.05, 3.63) is 52.9 Å². The van der Waals surface area contributed by atoms with E-state index in [1.807, 2.05) is 26.2 Å². The molecule has 1 saturated heterocycles. The van der Waals surface area contributed by atoms with Gasteiger partial charge in [0.15, 0.2) is 0 Å². The van der Waals surface area contributed by atoms with E-state index in [-0.39, 0.29) is 11.9 Å². The van der Waals surface area contributed by atoms with Gasteiger partial charge in [0.25, 0.3) is 5.91 Å². The van der Waals surface area contributed by atoms with E-state index in [2.05, 4.69) is 44.5 Å². The van der Waals surface area contributed by atoms with Crippen LogP contribution in [0, 0.1) is 0 Å². The Morgan fingerprint density at radius 3 is 2.97 bits per heavy atom. The topological polar surface area (TPSA) is 61.0 Å². The summed E-state index contributed by atoms with van der Waals surface area (Å²) < 4.78 is 1.20. The van der Waals surface area contributed by atoms with Crippen LogP contribution in [0.1, 0.15) is 60.6 Å². The second-order valence-electron chi connectivity index (χ2n) is 8.25. The number of hydrogen-bond acceptors (Lipinski definition) is 4. The summed E-state index contributed by atoms with van der Waals surface area (Å²) in [6.45, 7) is 5.96. The third-order valence-corrected chi connectivity index (χ3v) is 6.88. The van der Waals surface area contributed by atoms with Gasteiger partial charge >= 0.3 is 0 Å². The van der Waals surface area contributed by atoms with Crippen LogP contribution in [-0.2, 0) is 13.0 Å². The lowest BCUT2D eigenvalue weighted by atomic mass is 9.98. The summed E-state index contributed by atoms with van der Waals surface area (Å²) in [5.41, 5.74) is 1.21. The van der Waals surface area contributed by atoms with Gasteiger partial charge in [-0.25, -0.2) is 4.98 Å². The number of rotatable bonds is 6. The molecular formula is C23H30N4OS. The maximum Gasteiger partial charge on any atom is 0.261 e. The van der Waals surface area contributed by atoms with Crippen LogP contribution in [0.4, 0.5) is 0 Å². The van der Waals surface area contributed by atoms with Crippen molar-refractivity contribution in [1.82, 2.24) is 20.2 Å². The summed E-state index contributed by atoms with van der Waals surface area (Å²) in [5, 5.41) is 4.33. The first-order valence-corrected chi connectivity index (χ1v) is 11.5. The zero-order valence-electron chi connectivity index (χ0n) is 17.3. The van der Waals surface area contributed by atoms with Gasteiger partial charge < -0.3 is 10.3 Å². The Balaban J connectivity index is 1.66. The van der Waals surface area contributed by atoms with Crippen LogP contribution in [0.3, 0.4) is 0 Å². The number of carbonyl (C=O) groups is 1. The van der Waals surface area contributed by atoms with Crippen LogP contribution in [-0.4, -0.2) is 39.4 Å². The lowest BCUT2D eigenvalue weighted by Crippen LogP contribution is -2.37. The van der Waals surface area contributed by atoms with Crippen LogP contribution >= 0.6 is 11.3 Å². The van der Waals surface area contributed by atoms with Gasteiger partial charge in [-0.1, -0.05) is 31.0 Å².